The number of likely N-dealkylation sites (tertiary alicyclic amines) is 1. The number of piperidine rings is 1. The summed E-state index contributed by atoms with van der Waals surface area (Å²) in [6, 6.07) is 10.1. The highest BCUT2D eigenvalue weighted by Crippen LogP contribution is 2.38. The highest BCUT2D eigenvalue weighted by atomic mass is 16.2. The molecule has 1 amide bonds. The molecule has 4 nitrogen and oxygen atoms in total. The van der Waals surface area contributed by atoms with Crippen molar-refractivity contribution in [3.05, 3.63) is 35.9 Å². The molecule has 1 N–H and O–H groups in total. The van der Waals surface area contributed by atoms with Gasteiger partial charge in [-0.25, -0.2) is 0 Å². The van der Waals surface area contributed by atoms with E-state index in [1.807, 2.05) is 18.2 Å². The fourth-order valence-electron chi connectivity index (χ4n) is 4.33. The molecule has 24 heavy (non-hydrogen) atoms. The van der Waals surface area contributed by atoms with Crippen molar-refractivity contribution in [2.75, 3.05) is 39.3 Å². The largest absolute Gasteiger partial charge is 0.341 e. The van der Waals surface area contributed by atoms with Crippen LogP contribution in [0.5, 0.6) is 0 Å². The third-order valence-electron chi connectivity index (χ3n) is 5.99. The van der Waals surface area contributed by atoms with Crippen molar-refractivity contribution < 1.29 is 4.79 Å². The van der Waals surface area contributed by atoms with Gasteiger partial charge in [0.1, 0.15) is 6.04 Å². The summed E-state index contributed by atoms with van der Waals surface area (Å²) in [6.07, 6.45) is 3.56. The first-order valence-electron chi connectivity index (χ1n) is 9.47. The first kappa shape index (κ1) is 17.4. The minimum absolute atomic E-state index is 0.142. The van der Waals surface area contributed by atoms with E-state index in [9.17, 15) is 4.79 Å². The highest BCUT2D eigenvalue weighted by molar-refractivity contribution is 5.83. The van der Waals surface area contributed by atoms with Gasteiger partial charge < -0.3 is 10.2 Å². The lowest BCUT2D eigenvalue weighted by atomic mass is 9.77. The van der Waals surface area contributed by atoms with Crippen LogP contribution in [0.1, 0.15) is 44.7 Å². The van der Waals surface area contributed by atoms with E-state index in [2.05, 4.69) is 41.1 Å². The quantitative estimate of drug-likeness (QED) is 0.902. The van der Waals surface area contributed by atoms with Crippen LogP contribution in [0.2, 0.25) is 0 Å². The molecule has 132 valence electrons. The average Bonchev–Trinajstić information content (AvgIpc) is 3.08. The monoisotopic (exact) mass is 329 g/mol. The van der Waals surface area contributed by atoms with Crippen molar-refractivity contribution in [1.82, 2.24) is 15.1 Å². The van der Waals surface area contributed by atoms with E-state index in [0.29, 0.717) is 5.41 Å². The third kappa shape index (κ3) is 3.50. The number of carbonyl (C=O) groups excluding carboxylic acids is 1. The molecular formula is C20H31N3O. The van der Waals surface area contributed by atoms with Crippen LogP contribution in [0.15, 0.2) is 30.3 Å². The Labute approximate surface area is 146 Å². The minimum Gasteiger partial charge on any atom is -0.341 e. The summed E-state index contributed by atoms with van der Waals surface area (Å²) in [5, 5.41) is 3.50. The number of benzene rings is 1. The summed E-state index contributed by atoms with van der Waals surface area (Å²) in [4.78, 5) is 17.7. The zero-order valence-corrected chi connectivity index (χ0v) is 15.1. The Balaban J connectivity index is 1.74. The molecule has 1 aromatic rings. The van der Waals surface area contributed by atoms with Crippen LogP contribution in [0, 0.1) is 5.41 Å². The van der Waals surface area contributed by atoms with E-state index in [-0.39, 0.29) is 11.9 Å². The van der Waals surface area contributed by atoms with E-state index >= 15 is 0 Å². The fourth-order valence-corrected chi connectivity index (χ4v) is 4.33. The molecule has 2 heterocycles. The molecule has 2 aliphatic rings. The molecule has 2 fully saturated rings. The van der Waals surface area contributed by atoms with Gasteiger partial charge in [-0.15, -0.1) is 0 Å². The summed E-state index contributed by atoms with van der Waals surface area (Å²) in [5.41, 5.74) is 1.57. The average molecular weight is 329 g/mol. The summed E-state index contributed by atoms with van der Waals surface area (Å²) in [7, 11) is 0. The Morgan fingerprint density at radius 2 is 1.83 bits per heavy atom. The van der Waals surface area contributed by atoms with Crippen LogP contribution in [0.4, 0.5) is 0 Å². The number of hydrogen-bond donors (Lipinski definition) is 1. The molecule has 1 unspecified atom stereocenters. The van der Waals surface area contributed by atoms with Gasteiger partial charge >= 0.3 is 0 Å². The highest BCUT2D eigenvalue weighted by Gasteiger charge is 2.40. The molecule has 0 aromatic heterocycles. The Morgan fingerprint density at radius 1 is 1.17 bits per heavy atom. The van der Waals surface area contributed by atoms with Gasteiger partial charge in [0.2, 0.25) is 5.91 Å². The van der Waals surface area contributed by atoms with E-state index < -0.39 is 0 Å². The molecule has 0 bridgehead atoms. The zero-order chi connectivity index (χ0) is 17.0. The maximum atomic E-state index is 13.3. The van der Waals surface area contributed by atoms with Gasteiger partial charge in [0, 0.05) is 19.6 Å². The Hall–Kier alpha value is -1.39. The van der Waals surface area contributed by atoms with Crippen molar-refractivity contribution in [3.8, 4) is 0 Å². The number of carbonyl (C=O) groups is 1. The number of amides is 1. The lowest BCUT2D eigenvalue weighted by molar-refractivity contribution is -0.139. The van der Waals surface area contributed by atoms with Crippen LogP contribution in [0.3, 0.4) is 0 Å². The van der Waals surface area contributed by atoms with Crippen LogP contribution in [-0.4, -0.2) is 55.0 Å². The normalized spacial score (nSPS) is 21.4. The third-order valence-corrected chi connectivity index (χ3v) is 5.99. The lowest BCUT2D eigenvalue weighted by Gasteiger charge is -2.41. The number of hydrogen-bond acceptors (Lipinski definition) is 3. The SMILES string of the molecule is CCN(CC)C(C(=O)N1CCC2(CCNC2)CC1)c1ccccc1. The van der Waals surface area contributed by atoms with E-state index in [1.54, 1.807) is 0 Å². The summed E-state index contributed by atoms with van der Waals surface area (Å²) < 4.78 is 0. The van der Waals surface area contributed by atoms with Crippen LogP contribution < -0.4 is 5.32 Å². The van der Waals surface area contributed by atoms with E-state index in [4.69, 9.17) is 0 Å². The zero-order valence-electron chi connectivity index (χ0n) is 15.1. The van der Waals surface area contributed by atoms with Crippen molar-refractivity contribution in [2.45, 2.75) is 39.2 Å². The molecule has 1 spiro atoms. The van der Waals surface area contributed by atoms with Gasteiger partial charge in [-0.3, -0.25) is 9.69 Å². The lowest BCUT2D eigenvalue weighted by Crippen LogP contribution is -2.48. The molecule has 1 aromatic carbocycles. The molecule has 0 radical (unpaired) electrons. The van der Waals surface area contributed by atoms with Crippen molar-refractivity contribution in [2.24, 2.45) is 5.41 Å². The van der Waals surface area contributed by atoms with Gasteiger partial charge in [0.15, 0.2) is 0 Å². The van der Waals surface area contributed by atoms with Gasteiger partial charge in [-0.1, -0.05) is 44.2 Å². The van der Waals surface area contributed by atoms with Crippen molar-refractivity contribution in [1.29, 1.82) is 0 Å². The van der Waals surface area contributed by atoms with Gasteiger partial charge in [-0.05, 0) is 49.9 Å². The van der Waals surface area contributed by atoms with E-state index in [1.165, 1.54) is 6.42 Å². The smallest absolute Gasteiger partial charge is 0.244 e. The standard InChI is InChI=1S/C20H31N3O/c1-3-22(4-2)18(17-8-6-5-7-9-17)19(24)23-14-11-20(12-15-23)10-13-21-16-20/h5-9,18,21H,3-4,10-16H2,1-2H3. The maximum absolute atomic E-state index is 13.3. The van der Waals surface area contributed by atoms with Crippen molar-refractivity contribution >= 4 is 5.91 Å². The second-order valence-electron chi connectivity index (χ2n) is 7.29. The van der Waals surface area contributed by atoms with Gasteiger partial charge in [0.05, 0.1) is 0 Å². The minimum atomic E-state index is -0.142. The molecular weight excluding hydrogens is 298 g/mol. The summed E-state index contributed by atoms with van der Waals surface area (Å²) in [5.74, 6) is 0.283. The predicted molar refractivity (Wildman–Crippen MR) is 97.8 cm³/mol. The topological polar surface area (TPSA) is 35.6 Å². The van der Waals surface area contributed by atoms with Crippen LogP contribution >= 0.6 is 0 Å². The molecule has 0 saturated carbocycles. The number of rotatable bonds is 5. The molecule has 1 atom stereocenters. The molecule has 0 aliphatic carbocycles. The number of nitrogens with zero attached hydrogens (tertiary/aromatic N) is 2. The first-order chi connectivity index (χ1) is 11.7. The predicted octanol–water partition coefficient (Wildman–Crippen LogP) is 2.67. The second-order valence-corrected chi connectivity index (χ2v) is 7.29. The molecule has 2 aliphatic heterocycles. The molecule has 3 rings (SSSR count). The number of nitrogens with one attached hydrogen (secondary N) is 1. The van der Waals surface area contributed by atoms with Crippen LogP contribution in [0.25, 0.3) is 0 Å². The summed E-state index contributed by atoms with van der Waals surface area (Å²) in [6.45, 7) is 10.2. The van der Waals surface area contributed by atoms with Gasteiger partial charge in [0.25, 0.3) is 0 Å². The Bertz CT molecular complexity index is 525. The fraction of sp³-hybridized carbons (Fsp3) is 0.650. The van der Waals surface area contributed by atoms with E-state index in [0.717, 1.165) is 57.7 Å². The maximum Gasteiger partial charge on any atom is 0.244 e. The molecule has 4 heteroatoms. The second kappa shape index (κ2) is 7.66. The first-order valence-corrected chi connectivity index (χ1v) is 9.47. The Morgan fingerprint density at radius 3 is 2.38 bits per heavy atom. The van der Waals surface area contributed by atoms with Gasteiger partial charge in [-0.2, -0.15) is 0 Å². The molecule has 2 saturated heterocycles. The summed E-state index contributed by atoms with van der Waals surface area (Å²) >= 11 is 0. The van der Waals surface area contributed by atoms with Crippen LogP contribution in [-0.2, 0) is 4.79 Å². The van der Waals surface area contributed by atoms with Crippen molar-refractivity contribution in [3.63, 3.8) is 0 Å². The Kier molecular flexibility index (Phi) is 5.57. The number of likely N-dealkylation sites (N-methyl/N-ethyl adjacent to an activating group) is 1.